The molecule has 0 heterocycles. The van der Waals surface area contributed by atoms with Gasteiger partial charge in [-0.15, -0.1) is 0 Å². The molecular formula is C19H22O. The lowest BCUT2D eigenvalue weighted by molar-refractivity contribution is 0.475. The summed E-state index contributed by atoms with van der Waals surface area (Å²) in [7, 11) is 0. The Morgan fingerprint density at radius 1 is 0.950 bits per heavy atom. The fourth-order valence-corrected chi connectivity index (χ4v) is 2.31. The van der Waals surface area contributed by atoms with Gasteiger partial charge in [0.05, 0.1) is 0 Å². The van der Waals surface area contributed by atoms with E-state index in [1.165, 1.54) is 24.0 Å². The Kier molecular flexibility index (Phi) is 5.43. The van der Waals surface area contributed by atoms with E-state index in [9.17, 15) is 5.11 Å². The molecule has 20 heavy (non-hydrogen) atoms. The fourth-order valence-electron chi connectivity index (χ4n) is 2.31. The molecule has 2 rings (SSSR count). The second kappa shape index (κ2) is 7.54. The average molecular weight is 266 g/mol. The summed E-state index contributed by atoms with van der Waals surface area (Å²) in [6.45, 7) is 2.21. The Bertz CT molecular complexity index is 525. The molecule has 0 aliphatic heterocycles. The summed E-state index contributed by atoms with van der Waals surface area (Å²) in [5.74, 6) is 0.573. The third-order valence-electron chi connectivity index (χ3n) is 3.46. The smallest absolute Gasteiger partial charge is 0.115 e. The van der Waals surface area contributed by atoms with E-state index in [-0.39, 0.29) is 5.92 Å². The quantitative estimate of drug-likeness (QED) is 0.557. The van der Waals surface area contributed by atoms with Gasteiger partial charge in [0.25, 0.3) is 0 Å². The molecule has 1 unspecified atom stereocenters. The van der Waals surface area contributed by atoms with Gasteiger partial charge in [-0.05, 0) is 29.7 Å². The van der Waals surface area contributed by atoms with Gasteiger partial charge in [-0.25, -0.2) is 0 Å². The first-order valence-electron chi connectivity index (χ1n) is 7.32. The van der Waals surface area contributed by atoms with Crippen LogP contribution >= 0.6 is 0 Å². The largest absolute Gasteiger partial charge is 0.508 e. The van der Waals surface area contributed by atoms with Crippen molar-refractivity contribution in [3.8, 4) is 5.75 Å². The van der Waals surface area contributed by atoms with Crippen LogP contribution < -0.4 is 0 Å². The highest BCUT2D eigenvalue weighted by atomic mass is 16.3. The molecule has 2 aromatic rings. The van der Waals surface area contributed by atoms with Gasteiger partial charge >= 0.3 is 0 Å². The summed E-state index contributed by atoms with van der Waals surface area (Å²) >= 11 is 0. The van der Waals surface area contributed by atoms with Gasteiger partial charge in [0.15, 0.2) is 0 Å². The van der Waals surface area contributed by atoms with Crippen LogP contribution in [0.15, 0.2) is 66.7 Å². The van der Waals surface area contributed by atoms with Crippen LogP contribution in [0.1, 0.15) is 43.2 Å². The van der Waals surface area contributed by atoms with Crippen molar-refractivity contribution in [2.75, 3.05) is 0 Å². The summed E-state index contributed by atoms with van der Waals surface area (Å²) in [4.78, 5) is 0. The molecule has 0 fully saturated rings. The minimum atomic E-state index is 0.258. The van der Waals surface area contributed by atoms with Gasteiger partial charge in [0.1, 0.15) is 5.75 Å². The lowest BCUT2D eigenvalue weighted by Crippen LogP contribution is -1.97. The molecule has 0 amide bonds. The van der Waals surface area contributed by atoms with Gasteiger partial charge in [-0.3, -0.25) is 0 Å². The summed E-state index contributed by atoms with van der Waals surface area (Å²) in [6.07, 6.45) is 8.12. The Labute approximate surface area is 121 Å². The number of hydrogen-bond acceptors (Lipinski definition) is 1. The maximum atomic E-state index is 9.44. The van der Waals surface area contributed by atoms with Crippen LogP contribution in [0.5, 0.6) is 5.75 Å². The van der Waals surface area contributed by atoms with Crippen LogP contribution in [-0.2, 0) is 0 Å². The molecule has 0 aliphatic rings. The van der Waals surface area contributed by atoms with Crippen LogP contribution in [0.2, 0.25) is 0 Å². The maximum Gasteiger partial charge on any atom is 0.115 e. The van der Waals surface area contributed by atoms with Crippen molar-refractivity contribution in [1.82, 2.24) is 0 Å². The Morgan fingerprint density at radius 3 is 2.25 bits per heavy atom. The highest BCUT2D eigenvalue weighted by molar-refractivity contribution is 5.38. The van der Waals surface area contributed by atoms with Crippen LogP contribution in [0.4, 0.5) is 0 Å². The van der Waals surface area contributed by atoms with Gasteiger partial charge in [0.2, 0.25) is 0 Å². The molecule has 0 bridgehead atoms. The summed E-state index contributed by atoms with van der Waals surface area (Å²) in [5, 5.41) is 9.44. The molecule has 0 spiro atoms. The zero-order chi connectivity index (χ0) is 14.2. The zero-order valence-corrected chi connectivity index (χ0v) is 12.0. The molecule has 0 radical (unpaired) electrons. The molecule has 1 atom stereocenters. The summed E-state index contributed by atoms with van der Waals surface area (Å²) < 4.78 is 0. The lowest BCUT2D eigenvalue weighted by Gasteiger charge is -2.14. The van der Waals surface area contributed by atoms with E-state index in [0.717, 1.165) is 6.42 Å². The van der Waals surface area contributed by atoms with Crippen molar-refractivity contribution in [2.45, 2.75) is 32.1 Å². The van der Waals surface area contributed by atoms with Gasteiger partial charge < -0.3 is 5.11 Å². The van der Waals surface area contributed by atoms with E-state index in [4.69, 9.17) is 0 Å². The van der Waals surface area contributed by atoms with Gasteiger partial charge in [-0.1, -0.05) is 74.4 Å². The SMILES string of the molecule is CCCC/C=C/C(c1ccccc1)c1ccc(O)cc1. The highest BCUT2D eigenvalue weighted by Gasteiger charge is 2.10. The topological polar surface area (TPSA) is 20.2 Å². The van der Waals surface area contributed by atoms with Crippen molar-refractivity contribution in [3.63, 3.8) is 0 Å². The maximum absolute atomic E-state index is 9.44. The molecule has 104 valence electrons. The third kappa shape index (κ3) is 3.99. The molecule has 0 saturated heterocycles. The van der Waals surface area contributed by atoms with Crippen molar-refractivity contribution in [2.24, 2.45) is 0 Å². The fraction of sp³-hybridized carbons (Fsp3) is 0.263. The number of allylic oxidation sites excluding steroid dienone is 2. The van der Waals surface area contributed by atoms with E-state index < -0.39 is 0 Å². The third-order valence-corrected chi connectivity index (χ3v) is 3.46. The zero-order valence-electron chi connectivity index (χ0n) is 12.0. The van der Waals surface area contributed by atoms with Crippen LogP contribution in [-0.4, -0.2) is 5.11 Å². The van der Waals surface area contributed by atoms with Gasteiger partial charge in [0, 0.05) is 5.92 Å². The molecule has 0 aliphatic carbocycles. The van der Waals surface area contributed by atoms with Crippen molar-refractivity contribution >= 4 is 0 Å². The number of phenols is 1. The normalized spacial score (nSPS) is 12.7. The summed E-state index contributed by atoms with van der Waals surface area (Å²) in [6, 6.07) is 18.0. The first kappa shape index (κ1) is 14.4. The number of phenolic OH excluding ortho intramolecular Hbond substituents is 1. The van der Waals surface area contributed by atoms with Crippen LogP contribution in [0, 0.1) is 0 Å². The van der Waals surface area contributed by atoms with Crippen molar-refractivity contribution in [1.29, 1.82) is 0 Å². The average Bonchev–Trinajstić information content (AvgIpc) is 2.50. The van der Waals surface area contributed by atoms with E-state index in [1.54, 1.807) is 12.1 Å². The predicted octanol–water partition coefficient (Wildman–Crippen LogP) is 5.27. The molecule has 1 nitrogen and oxygen atoms in total. The number of hydrogen-bond donors (Lipinski definition) is 1. The van der Waals surface area contributed by atoms with Gasteiger partial charge in [-0.2, -0.15) is 0 Å². The van der Waals surface area contributed by atoms with E-state index >= 15 is 0 Å². The second-order valence-corrected chi connectivity index (χ2v) is 5.05. The molecule has 2 aromatic carbocycles. The molecule has 0 saturated carbocycles. The molecule has 1 N–H and O–H groups in total. The Morgan fingerprint density at radius 2 is 1.60 bits per heavy atom. The highest BCUT2D eigenvalue weighted by Crippen LogP contribution is 2.27. The number of aromatic hydroxyl groups is 1. The molecular weight excluding hydrogens is 244 g/mol. The van der Waals surface area contributed by atoms with Crippen molar-refractivity contribution < 1.29 is 5.11 Å². The summed E-state index contributed by atoms with van der Waals surface area (Å²) in [5.41, 5.74) is 2.49. The first-order valence-corrected chi connectivity index (χ1v) is 7.32. The van der Waals surface area contributed by atoms with Crippen molar-refractivity contribution in [3.05, 3.63) is 77.9 Å². The van der Waals surface area contributed by atoms with Crippen LogP contribution in [0.3, 0.4) is 0 Å². The standard InChI is InChI=1S/C19H22O/c1-2-3-4-8-11-19(16-9-6-5-7-10-16)17-12-14-18(20)15-13-17/h5-15,19-20H,2-4H2,1H3/b11-8+. The predicted molar refractivity (Wildman–Crippen MR) is 85.1 cm³/mol. The number of benzene rings is 2. The monoisotopic (exact) mass is 266 g/mol. The number of rotatable bonds is 6. The van der Waals surface area contributed by atoms with E-state index in [0.29, 0.717) is 5.75 Å². The second-order valence-electron chi connectivity index (χ2n) is 5.05. The Balaban J connectivity index is 2.24. The molecule has 1 heteroatoms. The minimum Gasteiger partial charge on any atom is -0.508 e. The number of unbranched alkanes of at least 4 members (excludes halogenated alkanes) is 2. The van der Waals surface area contributed by atoms with E-state index in [1.807, 2.05) is 18.2 Å². The van der Waals surface area contributed by atoms with Crippen LogP contribution in [0.25, 0.3) is 0 Å². The molecule has 0 aromatic heterocycles. The van der Waals surface area contributed by atoms with E-state index in [2.05, 4.69) is 43.3 Å². The first-order chi connectivity index (χ1) is 9.81. The minimum absolute atomic E-state index is 0.258. The Hall–Kier alpha value is -2.02. The lowest BCUT2D eigenvalue weighted by atomic mass is 9.90.